The molecule has 15 heteroatoms. The number of carbonyl (C=O) groups is 4. The van der Waals surface area contributed by atoms with Gasteiger partial charge in [-0.05, 0) is 24.3 Å². The van der Waals surface area contributed by atoms with Gasteiger partial charge in [0.1, 0.15) is 0 Å². The van der Waals surface area contributed by atoms with Crippen molar-refractivity contribution in [3.63, 3.8) is 0 Å². The number of hydrogen-bond acceptors (Lipinski definition) is 4. The third kappa shape index (κ3) is 14.4. The Balaban J connectivity index is 0. The van der Waals surface area contributed by atoms with Gasteiger partial charge in [-0.15, -0.1) is 0 Å². The monoisotopic (exact) mass is 503 g/mol. The van der Waals surface area contributed by atoms with Crippen molar-refractivity contribution in [2.24, 2.45) is 5.41 Å². The van der Waals surface area contributed by atoms with Gasteiger partial charge in [-0.25, -0.2) is 0 Å². The number of alkyl halides is 9. The molecule has 0 saturated heterocycles. The normalized spacial score (nSPS) is 11.8. The van der Waals surface area contributed by atoms with Crippen molar-refractivity contribution < 1.29 is 58.7 Å². The lowest BCUT2D eigenvalue weighted by molar-refractivity contribution is -0.193. The Bertz CT molecular complexity index is 769. The SMILES string of the molecule is CC(C)(C)C(=O)Nc1ccc(Cl)cc1.O=C(C(=O)C(F)(F)F)C(F)(F)F.O=CC(F)(F)F. The third-order valence-corrected chi connectivity index (χ3v) is 2.89. The van der Waals surface area contributed by atoms with Gasteiger partial charge in [-0.2, -0.15) is 39.5 Å². The van der Waals surface area contributed by atoms with Gasteiger partial charge in [-0.3, -0.25) is 19.2 Å². The van der Waals surface area contributed by atoms with Gasteiger partial charge >= 0.3 is 30.1 Å². The van der Waals surface area contributed by atoms with Crippen LogP contribution in [0.5, 0.6) is 0 Å². The van der Waals surface area contributed by atoms with E-state index in [0.29, 0.717) is 5.02 Å². The molecule has 1 amide bonds. The van der Waals surface area contributed by atoms with E-state index in [2.05, 4.69) is 5.32 Å². The Morgan fingerprint density at radius 2 is 1.09 bits per heavy atom. The molecule has 0 saturated carbocycles. The fraction of sp³-hybridized carbons (Fsp3) is 0.412. The largest absolute Gasteiger partial charge is 0.458 e. The maximum absolute atomic E-state index is 11.6. The molecule has 1 rings (SSSR count). The van der Waals surface area contributed by atoms with Gasteiger partial charge in [0.15, 0.2) is 0 Å². The van der Waals surface area contributed by atoms with Crippen LogP contribution < -0.4 is 5.32 Å². The molecule has 0 aliphatic heterocycles. The number of ketones is 2. The Morgan fingerprint density at radius 3 is 1.31 bits per heavy atom. The van der Waals surface area contributed by atoms with Gasteiger partial charge in [-0.1, -0.05) is 32.4 Å². The van der Waals surface area contributed by atoms with Gasteiger partial charge < -0.3 is 5.32 Å². The molecule has 0 radical (unpaired) electrons. The molecular formula is C17H15ClF9NO4. The summed E-state index contributed by atoms with van der Waals surface area (Å²) in [5.74, 6) is -6.81. The highest BCUT2D eigenvalue weighted by Crippen LogP contribution is 2.24. The molecule has 0 heterocycles. The van der Waals surface area contributed by atoms with E-state index in [9.17, 15) is 53.9 Å². The lowest BCUT2D eigenvalue weighted by Gasteiger charge is -2.17. The molecular weight excluding hydrogens is 489 g/mol. The Morgan fingerprint density at radius 1 is 0.781 bits per heavy atom. The lowest BCUT2D eigenvalue weighted by atomic mass is 9.95. The molecule has 0 aromatic heterocycles. The summed E-state index contributed by atoms with van der Waals surface area (Å²) in [4.78, 5) is 39.5. The lowest BCUT2D eigenvalue weighted by Crippen LogP contribution is -2.39. The summed E-state index contributed by atoms with van der Waals surface area (Å²) in [7, 11) is 0. The van der Waals surface area contributed by atoms with Crippen LogP contribution in [-0.2, 0) is 19.2 Å². The zero-order valence-corrected chi connectivity index (χ0v) is 17.1. The van der Waals surface area contributed by atoms with E-state index in [1.165, 1.54) is 0 Å². The van der Waals surface area contributed by atoms with Crippen molar-refractivity contribution in [3.05, 3.63) is 29.3 Å². The summed E-state index contributed by atoms with van der Waals surface area (Å²) in [6.45, 7) is 5.62. The number of aldehydes is 1. The summed E-state index contributed by atoms with van der Waals surface area (Å²) >= 11 is 5.73. The van der Waals surface area contributed by atoms with Crippen LogP contribution in [0.3, 0.4) is 0 Å². The molecule has 1 N–H and O–H groups in total. The number of hydrogen-bond donors (Lipinski definition) is 1. The number of Topliss-reactive ketones (excluding diaryl/α,β-unsaturated/α-hetero) is 2. The first-order valence-electron chi connectivity index (χ1n) is 7.85. The van der Waals surface area contributed by atoms with E-state index >= 15 is 0 Å². The molecule has 0 unspecified atom stereocenters. The second-order valence-electron chi connectivity index (χ2n) is 6.52. The van der Waals surface area contributed by atoms with Crippen LogP contribution in [0.1, 0.15) is 20.8 Å². The Kier molecular flexibility index (Phi) is 11.7. The Hall–Kier alpha value is -2.64. The number of rotatable bonds is 2. The minimum atomic E-state index is -5.77. The minimum absolute atomic E-state index is 0.000164. The standard InChI is InChI=1S/C11H14ClNO.C4F6O2.C2HF3O/c1-11(2,3)10(14)13-9-6-4-8(12)5-7-9;5-3(6,7)1(11)2(12)4(8,9)10;3-2(4,5)1-6/h4-7H,1-3H3,(H,13,14);;1H. The van der Waals surface area contributed by atoms with Crippen LogP contribution in [0.2, 0.25) is 5.02 Å². The fourth-order valence-electron chi connectivity index (χ4n) is 1.11. The first-order valence-corrected chi connectivity index (χ1v) is 8.23. The number of anilines is 1. The molecule has 1 aromatic carbocycles. The molecule has 0 spiro atoms. The minimum Gasteiger partial charge on any atom is -0.326 e. The van der Waals surface area contributed by atoms with Crippen molar-refractivity contribution in [1.82, 2.24) is 0 Å². The molecule has 32 heavy (non-hydrogen) atoms. The average molecular weight is 504 g/mol. The maximum atomic E-state index is 11.6. The van der Waals surface area contributed by atoms with Gasteiger partial charge in [0, 0.05) is 16.1 Å². The topological polar surface area (TPSA) is 80.3 Å². The quantitative estimate of drug-likeness (QED) is 0.336. The van der Waals surface area contributed by atoms with Crippen LogP contribution in [0, 0.1) is 5.41 Å². The summed E-state index contributed by atoms with van der Waals surface area (Å²) in [6.07, 6.45) is -17.2. The summed E-state index contributed by atoms with van der Waals surface area (Å²) in [6, 6.07) is 7.07. The van der Waals surface area contributed by atoms with E-state index in [0.717, 1.165) is 5.69 Å². The molecule has 0 bridgehead atoms. The molecule has 0 aliphatic rings. The summed E-state index contributed by atoms with van der Waals surface area (Å²) in [5, 5.41) is 3.48. The zero-order chi connectivity index (χ0) is 26.1. The number of halogens is 10. The van der Waals surface area contributed by atoms with Crippen LogP contribution in [-0.4, -0.2) is 42.3 Å². The third-order valence-electron chi connectivity index (χ3n) is 2.64. The molecule has 0 aliphatic carbocycles. The first kappa shape index (κ1) is 31.5. The summed E-state index contributed by atoms with van der Waals surface area (Å²) < 4.78 is 98.2. The molecule has 1 aromatic rings. The van der Waals surface area contributed by atoms with Crippen molar-refractivity contribution in [3.8, 4) is 0 Å². The number of carbonyl (C=O) groups excluding carboxylic acids is 4. The van der Waals surface area contributed by atoms with Crippen LogP contribution >= 0.6 is 11.6 Å². The highest BCUT2D eigenvalue weighted by molar-refractivity contribution is 6.41. The zero-order valence-electron chi connectivity index (χ0n) is 16.3. The molecule has 0 fully saturated rings. The fourth-order valence-corrected chi connectivity index (χ4v) is 1.24. The second kappa shape index (κ2) is 11.8. The Labute approximate surface area is 179 Å². The van der Waals surface area contributed by atoms with E-state index in [-0.39, 0.29) is 11.3 Å². The van der Waals surface area contributed by atoms with Crippen LogP contribution in [0.4, 0.5) is 45.2 Å². The predicted molar refractivity (Wildman–Crippen MR) is 93.8 cm³/mol. The molecule has 182 valence electrons. The van der Waals surface area contributed by atoms with Crippen LogP contribution in [0.25, 0.3) is 0 Å². The highest BCUT2D eigenvalue weighted by atomic mass is 35.5. The average Bonchev–Trinajstić information content (AvgIpc) is 2.60. The van der Waals surface area contributed by atoms with E-state index < -0.39 is 36.4 Å². The van der Waals surface area contributed by atoms with Crippen LogP contribution in [0.15, 0.2) is 24.3 Å². The van der Waals surface area contributed by atoms with E-state index in [4.69, 9.17) is 16.4 Å². The number of nitrogens with one attached hydrogen (secondary N) is 1. The summed E-state index contributed by atoms with van der Waals surface area (Å²) in [5.41, 5.74) is 0.397. The number of benzene rings is 1. The molecule has 0 atom stereocenters. The second-order valence-corrected chi connectivity index (χ2v) is 6.96. The number of amides is 1. The van der Waals surface area contributed by atoms with Crippen molar-refractivity contribution in [2.45, 2.75) is 39.3 Å². The maximum Gasteiger partial charge on any atom is 0.458 e. The van der Waals surface area contributed by atoms with Gasteiger partial charge in [0.25, 0.3) is 0 Å². The smallest absolute Gasteiger partial charge is 0.326 e. The van der Waals surface area contributed by atoms with Gasteiger partial charge in [0.05, 0.1) is 0 Å². The van der Waals surface area contributed by atoms with Crippen molar-refractivity contribution in [1.29, 1.82) is 0 Å². The first-order chi connectivity index (χ1) is 14.0. The molecule has 5 nitrogen and oxygen atoms in total. The van der Waals surface area contributed by atoms with Crippen molar-refractivity contribution in [2.75, 3.05) is 5.32 Å². The van der Waals surface area contributed by atoms with E-state index in [1.54, 1.807) is 24.3 Å². The predicted octanol–water partition coefficient (Wildman–Crippen LogP) is 5.32. The van der Waals surface area contributed by atoms with Crippen molar-refractivity contribution >= 4 is 41.0 Å². The highest BCUT2D eigenvalue weighted by Gasteiger charge is 2.54. The van der Waals surface area contributed by atoms with Gasteiger partial charge in [0.2, 0.25) is 12.2 Å². The van der Waals surface area contributed by atoms with E-state index in [1.807, 2.05) is 20.8 Å².